The average Bonchev–Trinajstić information content (AvgIpc) is 2.31. The zero-order valence-corrected chi connectivity index (χ0v) is 12.7. The van der Waals surface area contributed by atoms with Gasteiger partial charge in [-0.15, -0.1) is 0 Å². The van der Waals surface area contributed by atoms with Crippen molar-refractivity contribution in [3.63, 3.8) is 0 Å². The van der Waals surface area contributed by atoms with Crippen LogP contribution in [0.25, 0.3) is 0 Å². The molecule has 0 aromatic carbocycles. The highest BCUT2D eigenvalue weighted by Gasteiger charge is 2.06. The van der Waals surface area contributed by atoms with Crippen molar-refractivity contribution in [1.82, 2.24) is 5.32 Å². The van der Waals surface area contributed by atoms with Gasteiger partial charge in [-0.05, 0) is 32.2 Å². The maximum Gasteiger partial charge on any atom is 0.00641 e. The summed E-state index contributed by atoms with van der Waals surface area (Å²) in [5.74, 6) is 0.847. The largest absolute Gasteiger partial charge is 0.317 e. The fourth-order valence-corrected chi connectivity index (χ4v) is 2.32. The first kappa shape index (κ1) is 17.0. The zero-order chi connectivity index (χ0) is 12.9. The molecule has 0 heterocycles. The van der Waals surface area contributed by atoms with Gasteiger partial charge in [-0.1, -0.05) is 65.7 Å². The van der Waals surface area contributed by atoms with Crippen LogP contribution in [0.2, 0.25) is 0 Å². The van der Waals surface area contributed by atoms with Crippen molar-refractivity contribution in [1.29, 1.82) is 0 Å². The predicted octanol–water partition coefficient (Wildman–Crippen LogP) is 5.15. The summed E-state index contributed by atoms with van der Waals surface area (Å²) in [5.41, 5.74) is 0. The molecule has 104 valence electrons. The van der Waals surface area contributed by atoms with E-state index in [1.165, 1.54) is 64.2 Å². The summed E-state index contributed by atoms with van der Waals surface area (Å²) in [6.45, 7) is 6.92. The third-order valence-corrected chi connectivity index (χ3v) is 3.66. The second kappa shape index (κ2) is 12.4. The van der Waals surface area contributed by atoms with Gasteiger partial charge in [-0.3, -0.25) is 0 Å². The van der Waals surface area contributed by atoms with Crippen LogP contribution >= 0.6 is 0 Å². The van der Waals surface area contributed by atoms with Gasteiger partial charge in [0.1, 0.15) is 0 Å². The van der Waals surface area contributed by atoms with Crippen LogP contribution in [0.5, 0.6) is 0 Å². The van der Waals surface area contributed by atoms with Crippen LogP contribution in [-0.4, -0.2) is 13.1 Å². The summed E-state index contributed by atoms with van der Waals surface area (Å²) in [5, 5.41) is 3.47. The van der Waals surface area contributed by atoms with Crippen molar-refractivity contribution in [3.05, 3.63) is 0 Å². The molecule has 0 aliphatic carbocycles. The van der Waals surface area contributed by atoms with Crippen LogP contribution in [0, 0.1) is 5.92 Å². The van der Waals surface area contributed by atoms with Crippen molar-refractivity contribution < 1.29 is 0 Å². The molecule has 17 heavy (non-hydrogen) atoms. The van der Waals surface area contributed by atoms with E-state index in [4.69, 9.17) is 0 Å². The van der Waals surface area contributed by atoms with E-state index in [2.05, 4.69) is 33.1 Å². The molecule has 1 unspecified atom stereocenters. The minimum Gasteiger partial charge on any atom is -0.317 e. The fraction of sp³-hybridized carbons (Fsp3) is 1.00. The van der Waals surface area contributed by atoms with Crippen LogP contribution in [0.15, 0.2) is 0 Å². The van der Waals surface area contributed by atoms with Gasteiger partial charge in [0, 0.05) is 6.04 Å². The first-order valence-electron chi connectivity index (χ1n) is 7.88. The Kier molecular flexibility index (Phi) is 12.4. The molecule has 0 fully saturated rings. The Morgan fingerprint density at radius 1 is 0.765 bits per heavy atom. The SMILES string of the molecule is CCCCCCCCCC(CCC(C)C)NC. The number of rotatable bonds is 12. The smallest absolute Gasteiger partial charge is 0.00641 e. The van der Waals surface area contributed by atoms with Crippen molar-refractivity contribution in [2.75, 3.05) is 7.05 Å². The third kappa shape index (κ3) is 12.2. The molecule has 0 amide bonds. The van der Waals surface area contributed by atoms with Gasteiger partial charge in [-0.25, -0.2) is 0 Å². The first-order chi connectivity index (χ1) is 8.20. The number of hydrogen-bond acceptors (Lipinski definition) is 1. The van der Waals surface area contributed by atoms with Crippen molar-refractivity contribution in [2.45, 2.75) is 91.0 Å². The third-order valence-electron chi connectivity index (χ3n) is 3.66. The van der Waals surface area contributed by atoms with E-state index >= 15 is 0 Å². The second-order valence-corrected chi connectivity index (χ2v) is 5.87. The van der Waals surface area contributed by atoms with E-state index in [1.54, 1.807) is 0 Å². The molecular weight excluding hydrogens is 206 g/mol. The highest BCUT2D eigenvalue weighted by atomic mass is 14.9. The van der Waals surface area contributed by atoms with Gasteiger partial charge in [0.25, 0.3) is 0 Å². The highest BCUT2D eigenvalue weighted by molar-refractivity contribution is 4.65. The molecule has 0 rings (SSSR count). The lowest BCUT2D eigenvalue weighted by Crippen LogP contribution is -2.25. The molecule has 0 bridgehead atoms. The van der Waals surface area contributed by atoms with E-state index in [0.717, 1.165) is 12.0 Å². The fourth-order valence-electron chi connectivity index (χ4n) is 2.32. The molecule has 0 aromatic rings. The van der Waals surface area contributed by atoms with Crippen LogP contribution in [-0.2, 0) is 0 Å². The Bertz CT molecular complexity index is 142. The van der Waals surface area contributed by atoms with Crippen LogP contribution in [0.3, 0.4) is 0 Å². The summed E-state index contributed by atoms with van der Waals surface area (Å²) in [4.78, 5) is 0. The first-order valence-corrected chi connectivity index (χ1v) is 7.88. The lowest BCUT2D eigenvalue weighted by atomic mass is 9.98. The summed E-state index contributed by atoms with van der Waals surface area (Å²) in [6.07, 6.45) is 14.1. The van der Waals surface area contributed by atoms with Gasteiger partial charge < -0.3 is 5.32 Å². The van der Waals surface area contributed by atoms with Gasteiger partial charge in [0.2, 0.25) is 0 Å². The second-order valence-electron chi connectivity index (χ2n) is 5.87. The molecular formula is C16H35N. The van der Waals surface area contributed by atoms with E-state index in [1.807, 2.05) is 0 Å². The quantitative estimate of drug-likeness (QED) is 0.466. The van der Waals surface area contributed by atoms with Crippen LogP contribution < -0.4 is 5.32 Å². The molecule has 0 spiro atoms. The summed E-state index contributed by atoms with van der Waals surface area (Å²) in [6, 6.07) is 0.757. The maximum absolute atomic E-state index is 3.47. The van der Waals surface area contributed by atoms with E-state index in [0.29, 0.717) is 0 Å². The molecule has 0 radical (unpaired) electrons. The molecule has 0 saturated carbocycles. The number of hydrogen-bond donors (Lipinski definition) is 1. The van der Waals surface area contributed by atoms with Crippen molar-refractivity contribution >= 4 is 0 Å². The average molecular weight is 241 g/mol. The monoisotopic (exact) mass is 241 g/mol. The normalized spacial score (nSPS) is 13.2. The van der Waals surface area contributed by atoms with Gasteiger partial charge in [-0.2, -0.15) is 0 Å². The molecule has 1 heteroatoms. The lowest BCUT2D eigenvalue weighted by molar-refractivity contribution is 0.416. The molecule has 1 nitrogen and oxygen atoms in total. The molecule has 0 aliphatic rings. The molecule has 0 aromatic heterocycles. The van der Waals surface area contributed by atoms with E-state index in [-0.39, 0.29) is 0 Å². The van der Waals surface area contributed by atoms with Crippen molar-refractivity contribution in [2.24, 2.45) is 5.92 Å². The van der Waals surface area contributed by atoms with Gasteiger partial charge in [0.15, 0.2) is 0 Å². The van der Waals surface area contributed by atoms with Gasteiger partial charge in [0.05, 0.1) is 0 Å². The minimum absolute atomic E-state index is 0.757. The summed E-state index contributed by atoms with van der Waals surface area (Å²) in [7, 11) is 2.12. The Balaban J connectivity index is 3.31. The summed E-state index contributed by atoms with van der Waals surface area (Å²) >= 11 is 0. The maximum atomic E-state index is 3.47. The van der Waals surface area contributed by atoms with Gasteiger partial charge >= 0.3 is 0 Å². The predicted molar refractivity (Wildman–Crippen MR) is 79.5 cm³/mol. The molecule has 1 atom stereocenters. The van der Waals surface area contributed by atoms with E-state index < -0.39 is 0 Å². The molecule has 0 saturated heterocycles. The van der Waals surface area contributed by atoms with Crippen molar-refractivity contribution in [3.8, 4) is 0 Å². The standard InChI is InChI=1S/C16H35N/c1-5-6-7-8-9-10-11-12-16(17-4)14-13-15(2)3/h15-17H,5-14H2,1-4H3. The Morgan fingerprint density at radius 3 is 1.88 bits per heavy atom. The Labute approximate surface area is 110 Å². The summed E-state index contributed by atoms with van der Waals surface area (Å²) < 4.78 is 0. The minimum atomic E-state index is 0.757. The van der Waals surface area contributed by atoms with Crippen LogP contribution in [0.4, 0.5) is 0 Å². The van der Waals surface area contributed by atoms with E-state index in [9.17, 15) is 0 Å². The topological polar surface area (TPSA) is 12.0 Å². The number of unbranched alkanes of at least 4 members (excludes halogenated alkanes) is 6. The van der Waals surface area contributed by atoms with Crippen LogP contribution in [0.1, 0.15) is 85.0 Å². The zero-order valence-electron chi connectivity index (χ0n) is 12.7. The highest BCUT2D eigenvalue weighted by Crippen LogP contribution is 2.14. The lowest BCUT2D eigenvalue weighted by Gasteiger charge is -2.17. The Hall–Kier alpha value is -0.0400. The number of nitrogens with one attached hydrogen (secondary N) is 1. The molecule has 0 aliphatic heterocycles. The Morgan fingerprint density at radius 2 is 1.35 bits per heavy atom. The molecule has 1 N–H and O–H groups in total.